The molecule has 2 N–H and O–H groups in total. The van der Waals surface area contributed by atoms with Crippen molar-refractivity contribution < 1.29 is 14.2 Å². The fraction of sp³-hybridized carbons (Fsp3) is 0.409. The van der Waals surface area contributed by atoms with Crippen molar-refractivity contribution in [3.05, 3.63) is 52.5 Å². The summed E-state index contributed by atoms with van der Waals surface area (Å²) < 4.78 is 16.2. The van der Waals surface area contributed by atoms with Crippen LogP contribution in [0.1, 0.15) is 25.0 Å². The second kappa shape index (κ2) is 10.3. The van der Waals surface area contributed by atoms with Crippen LogP contribution < -0.4 is 24.8 Å². The van der Waals surface area contributed by atoms with Crippen molar-refractivity contribution >= 4 is 17.6 Å². The molecule has 7 heteroatoms. The highest BCUT2D eigenvalue weighted by molar-refractivity contribution is 6.30. The normalized spacial score (nSPS) is 11.8. The standard InChI is InChI=1S/C22H30ClN3O3/c1-22(2,16-8-7-9-17(23)12-16)14-26-21(24-3)25-13-15-10-18(27-4)20(29-6)19(11-15)28-5/h7-12H,13-14H2,1-6H3,(H2,24,25,26). The summed E-state index contributed by atoms with van der Waals surface area (Å²) in [4.78, 5) is 4.32. The molecule has 0 saturated heterocycles. The lowest BCUT2D eigenvalue weighted by atomic mass is 9.84. The summed E-state index contributed by atoms with van der Waals surface area (Å²) in [6.07, 6.45) is 0. The van der Waals surface area contributed by atoms with E-state index in [2.05, 4.69) is 35.5 Å². The molecule has 0 radical (unpaired) electrons. The highest BCUT2D eigenvalue weighted by atomic mass is 35.5. The molecule has 6 nitrogen and oxygen atoms in total. The topological polar surface area (TPSA) is 64.1 Å². The van der Waals surface area contributed by atoms with E-state index in [0.29, 0.717) is 36.3 Å². The maximum atomic E-state index is 6.14. The van der Waals surface area contributed by atoms with Gasteiger partial charge in [-0.05, 0) is 35.4 Å². The summed E-state index contributed by atoms with van der Waals surface area (Å²) in [5.41, 5.74) is 2.03. The minimum Gasteiger partial charge on any atom is -0.493 e. The van der Waals surface area contributed by atoms with Crippen molar-refractivity contribution in [2.45, 2.75) is 25.8 Å². The summed E-state index contributed by atoms with van der Waals surface area (Å²) in [5, 5.41) is 7.44. The van der Waals surface area contributed by atoms with Crippen LogP contribution >= 0.6 is 11.6 Å². The third-order valence-electron chi connectivity index (χ3n) is 4.71. The lowest BCUT2D eigenvalue weighted by Crippen LogP contribution is -2.43. The van der Waals surface area contributed by atoms with Gasteiger partial charge in [-0.25, -0.2) is 0 Å². The Kier molecular flexibility index (Phi) is 8.02. The van der Waals surface area contributed by atoms with Gasteiger partial charge < -0.3 is 24.8 Å². The SMILES string of the molecule is CN=C(NCc1cc(OC)c(OC)c(OC)c1)NCC(C)(C)c1cccc(Cl)c1. The number of aliphatic imine (C=N–C) groups is 1. The molecule has 0 fully saturated rings. The van der Waals surface area contributed by atoms with Crippen molar-refractivity contribution in [3.63, 3.8) is 0 Å². The van der Waals surface area contributed by atoms with E-state index in [1.54, 1.807) is 28.4 Å². The highest BCUT2D eigenvalue weighted by Gasteiger charge is 2.21. The molecule has 0 unspecified atom stereocenters. The molecule has 0 aliphatic rings. The zero-order valence-electron chi connectivity index (χ0n) is 17.9. The van der Waals surface area contributed by atoms with Crippen molar-refractivity contribution in [2.75, 3.05) is 34.9 Å². The predicted octanol–water partition coefficient (Wildman–Crippen LogP) is 4.01. The number of nitrogens with one attached hydrogen (secondary N) is 2. The number of nitrogens with zero attached hydrogens (tertiary/aromatic N) is 1. The van der Waals surface area contributed by atoms with E-state index < -0.39 is 0 Å². The summed E-state index contributed by atoms with van der Waals surface area (Å²) in [5.74, 6) is 2.51. The second-order valence-corrected chi connectivity index (χ2v) is 7.64. The van der Waals surface area contributed by atoms with E-state index in [4.69, 9.17) is 25.8 Å². The molecule has 158 valence electrons. The van der Waals surface area contributed by atoms with Crippen LogP contribution in [0.25, 0.3) is 0 Å². The summed E-state index contributed by atoms with van der Waals surface area (Å²) in [7, 11) is 6.54. The van der Waals surface area contributed by atoms with Crippen molar-refractivity contribution in [1.29, 1.82) is 0 Å². The zero-order chi connectivity index (χ0) is 21.4. The Morgan fingerprint density at radius 1 is 1.00 bits per heavy atom. The van der Waals surface area contributed by atoms with Gasteiger partial charge in [-0.3, -0.25) is 4.99 Å². The molecule has 0 bridgehead atoms. The van der Waals surface area contributed by atoms with E-state index in [1.807, 2.05) is 30.3 Å². The number of benzene rings is 2. The maximum absolute atomic E-state index is 6.14. The number of guanidine groups is 1. The van der Waals surface area contributed by atoms with Crippen LogP contribution in [0.3, 0.4) is 0 Å². The minimum atomic E-state index is -0.116. The Morgan fingerprint density at radius 2 is 1.66 bits per heavy atom. The van der Waals surface area contributed by atoms with Crippen LogP contribution in [0.4, 0.5) is 0 Å². The third-order valence-corrected chi connectivity index (χ3v) is 4.95. The van der Waals surface area contributed by atoms with Crippen molar-refractivity contribution in [3.8, 4) is 17.2 Å². The van der Waals surface area contributed by atoms with Gasteiger partial charge in [0.15, 0.2) is 17.5 Å². The lowest BCUT2D eigenvalue weighted by Gasteiger charge is -2.27. The van der Waals surface area contributed by atoms with E-state index in [0.717, 1.165) is 16.1 Å². The van der Waals surface area contributed by atoms with E-state index >= 15 is 0 Å². The first-order valence-corrected chi connectivity index (χ1v) is 9.72. The first-order valence-electron chi connectivity index (χ1n) is 9.34. The van der Waals surface area contributed by atoms with Crippen molar-refractivity contribution in [2.24, 2.45) is 4.99 Å². The monoisotopic (exact) mass is 419 g/mol. The Balaban J connectivity index is 2.04. The molecule has 0 aromatic heterocycles. The van der Waals surface area contributed by atoms with Crippen molar-refractivity contribution in [1.82, 2.24) is 10.6 Å². The molecular formula is C22H30ClN3O3. The fourth-order valence-corrected chi connectivity index (χ4v) is 3.15. The average Bonchev–Trinajstić information content (AvgIpc) is 2.72. The van der Waals surface area contributed by atoms with Gasteiger partial charge in [0.25, 0.3) is 0 Å². The Bertz CT molecular complexity index is 828. The van der Waals surface area contributed by atoms with Crippen LogP contribution in [-0.2, 0) is 12.0 Å². The zero-order valence-corrected chi connectivity index (χ0v) is 18.7. The number of halogens is 1. The van der Waals surface area contributed by atoms with E-state index in [-0.39, 0.29) is 5.41 Å². The summed E-state index contributed by atoms with van der Waals surface area (Å²) in [6, 6.07) is 11.8. The Hall–Kier alpha value is -2.60. The second-order valence-electron chi connectivity index (χ2n) is 7.21. The van der Waals surface area contributed by atoms with Crippen LogP contribution in [0.5, 0.6) is 17.2 Å². The van der Waals surface area contributed by atoms with Gasteiger partial charge in [0.2, 0.25) is 5.75 Å². The van der Waals surface area contributed by atoms with E-state index in [1.165, 1.54) is 0 Å². The molecular weight excluding hydrogens is 390 g/mol. The van der Waals surface area contributed by atoms with Crippen LogP contribution in [0, 0.1) is 0 Å². The summed E-state index contributed by atoms with van der Waals surface area (Å²) in [6.45, 7) is 5.58. The first kappa shape index (κ1) is 22.7. The number of methoxy groups -OCH3 is 3. The molecule has 2 aromatic carbocycles. The Labute approximate surface area is 178 Å². The van der Waals surface area contributed by atoms with Gasteiger partial charge in [0.1, 0.15) is 0 Å². The number of hydrogen-bond acceptors (Lipinski definition) is 4. The molecule has 0 saturated carbocycles. The number of rotatable bonds is 8. The van der Waals surface area contributed by atoms with Gasteiger partial charge in [-0.15, -0.1) is 0 Å². The number of hydrogen-bond donors (Lipinski definition) is 2. The third kappa shape index (κ3) is 5.94. The first-order chi connectivity index (χ1) is 13.8. The van der Waals surface area contributed by atoms with Crippen LogP contribution in [-0.4, -0.2) is 40.9 Å². The molecule has 0 aliphatic heterocycles. The van der Waals surface area contributed by atoms with Gasteiger partial charge in [-0.1, -0.05) is 37.6 Å². The van der Waals surface area contributed by atoms with Crippen LogP contribution in [0.15, 0.2) is 41.4 Å². The summed E-state index contributed by atoms with van der Waals surface area (Å²) >= 11 is 6.14. The Morgan fingerprint density at radius 3 is 2.17 bits per heavy atom. The molecule has 0 amide bonds. The molecule has 29 heavy (non-hydrogen) atoms. The average molecular weight is 420 g/mol. The highest BCUT2D eigenvalue weighted by Crippen LogP contribution is 2.38. The minimum absolute atomic E-state index is 0.116. The maximum Gasteiger partial charge on any atom is 0.203 e. The predicted molar refractivity (Wildman–Crippen MR) is 119 cm³/mol. The van der Waals surface area contributed by atoms with Gasteiger partial charge in [-0.2, -0.15) is 0 Å². The molecule has 0 heterocycles. The molecule has 0 aliphatic carbocycles. The molecule has 0 atom stereocenters. The van der Waals surface area contributed by atoms with Gasteiger partial charge in [0, 0.05) is 30.6 Å². The van der Waals surface area contributed by atoms with Crippen LogP contribution in [0.2, 0.25) is 5.02 Å². The van der Waals surface area contributed by atoms with Gasteiger partial charge >= 0.3 is 0 Å². The fourth-order valence-electron chi connectivity index (χ4n) is 2.96. The molecule has 2 aromatic rings. The smallest absolute Gasteiger partial charge is 0.203 e. The molecule has 0 spiro atoms. The number of ether oxygens (including phenoxy) is 3. The van der Waals surface area contributed by atoms with Gasteiger partial charge in [0.05, 0.1) is 21.3 Å². The quantitative estimate of drug-likeness (QED) is 0.500. The lowest BCUT2D eigenvalue weighted by molar-refractivity contribution is 0.323. The largest absolute Gasteiger partial charge is 0.493 e. The van der Waals surface area contributed by atoms with E-state index in [9.17, 15) is 0 Å². The molecule has 2 rings (SSSR count).